The fourth-order valence-corrected chi connectivity index (χ4v) is 5.10. The molecule has 0 spiro atoms. The summed E-state index contributed by atoms with van der Waals surface area (Å²) < 4.78 is 49.1. The molecule has 0 saturated carbocycles. The molecule has 9 heteroatoms. The Morgan fingerprint density at radius 2 is 1.72 bits per heavy atom. The lowest BCUT2D eigenvalue weighted by Crippen LogP contribution is -2.44. The van der Waals surface area contributed by atoms with Crippen molar-refractivity contribution in [2.45, 2.75) is 23.0 Å². The van der Waals surface area contributed by atoms with E-state index in [4.69, 9.17) is 9.47 Å². The van der Waals surface area contributed by atoms with Crippen LogP contribution < -0.4 is 14.8 Å². The minimum Gasteiger partial charge on any atom is -0.493 e. The Morgan fingerprint density at radius 1 is 1.07 bits per heavy atom. The van der Waals surface area contributed by atoms with Crippen LogP contribution in [0.2, 0.25) is 0 Å². The van der Waals surface area contributed by atoms with Crippen molar-refractivity contribution in [2.75, 3.05) is 32.6 Å². The number of carbonyl (C=O) groups excluding carboxylic acids is 1. The number of hydrogen-bond acceptors (Lipinski definition) is 5. The van der Waals surface area contributed by atoms with Crippen molar-refractivity contribution in [3.05, 3.63) is 48.3 Å². The number of rotatable bonds is 5. The molecular weight excluding hydrogens is 399 g/mol. The van der Waals surface area contributed by atoms with Gasteiger partial charge in [0.05, 0.1) is 30.1 Å². The van der Waals surface area contributed by atoms with Crippen LogP contribution >= 0.6 is 0 Å². The number of anilines is 1. The van der Waals surface area contributed by atoms with E-state index in [2.05, 4.69) is 5.32 Å². The Morgan fingerprint density at radius 3 is 2.31 bits per heavy atom. The average Bonchev–Trinajstić information content (AvgIpc) is 2.73. The second kappa shape index (κ2) is 8.69. The van der Waals surface area contributed by atoms with Gasteiger partial charge in [0.15, 0.2) is 21.3 Å². The van der Waals surface area contributed by atoms with Crippen LogP contribution in [-0.4, -0.2) is 51.9 Å². The van der Waals surface area contributed by atoms with Gasteiger partial charge in [-0.05, 0) is 49.2 Å². The number of sulfone groups is 1. The molecule has 2 amide bonds. The first-order valence-corrected chi connectivity index (χ1v) is 10.7. The van der Waals surface area contributed by atoms with E-state index in [1.807, 2.05) is 0 Å². The van der Waals surface area contributed by atoms with Crippen molar-refractivity contribution in [1.29, 1.82) is 0 Å². The maximum atomic E-state index is 13.1. The first-order chi connectivity index (χ1) is 13.9. The van der Waals surface area contributed by atoms with Crippen molar-refractivity contribution in [3.63, 3.8) is 0 Å². The highest BCUT2D eigenvalue weighted by Crippen LogP contribution is 2.35. The predicted molar refractivity (Wildman–Crippen MR) is 107 cm³/mol. The van der Waals surface area contributed by atoms with E-state index in [0.29, 0.717) is 43.1 Å². The number of benzene rings is 2. The highest BCUT2D eigenvalue weighted by Gasteiger charge is 2.33. The number of nitrogens with one attached hydrogen (secondary N) is 1. The standard InChI is InChI=1S/C20H23FN2O5S/c1-27-18-5-3-4-17(19(18)28-2)22-20(24)23-12-10-16(11-13-23)29(25,26)15-8-6-14(21)7-9-15/h3-9,16H,10-13H2,1-2H3,(H,22,24). The number of para-hydroxylation sites is 1. The van der Waals surface area contributed by atoms with Crippen LogP contribution in [0.25, 0.3) is 0 Å². The lowest BCUT2D eigenvalue weighted by molar-refractivity contribution is 0.200. The van der Waals surface area contributed by atoms with E-state index in [1.54, 1.807) is 23.1 Å². The van der Waals surface area contributed by atoms with Gasteiger partial charge in [-0.25, -0.2) is 17.6 Å². The Balaban J connectivity index is 1.65. The molecule has 0 bridgehead atoms. The summed E-state index contributed by atoms with van der Waals surface area (Å²) in [5, 5.41) is 2.18. The Labute approximate surface area is 169 Å². The molecule has 1 saturated heterocycles. The molecule has 156 valence electrons. The molecule has 0 unspecified atom stereocenters. The molecule has 29 heavy (non-hydrogen) atoms. The van der Waals surface area contributed by atoms with Crippen molar-refractivity contribution in [3.8, 4) is 11.5 Å². The van der Waals surface area contributed by atoms with Crippen LogP contribution in [-0.2, 0) is 9.84 Å². The maximum absolute atomic E-state index is 13.1. The number of ether oxygens (including phenoxy) is 2. The Hall–Kier alpha value is -2.81. The lowest BCUT2D eigenvalue weighted by Gasteiger charge is -2.32. The molecule has 2 aromatic carbocycles. The number of methoxy groups -OCH3 is 2. The number of hydrogen-bond donors (Lipinski definition) is 1. The third kappa shape index (κ3) is 4.45. The molecule has 1 aliphatic heterocycles. The predicted octanol–water partition coefficient (Wildman–Crippen LogP) is 3.31. The molecule has 0 radical (unpaired) electrons. The average molecular weight is 422 g/mol. The number of urea groups is 1. The van der Waals surface area contributed by atoms with Crippen LogP contribution in [0.15, 0.2) is 47.4 Å². The summed E-state index contributed by atoms with van der Waals surface area (Å²) in [6.07, 6.45) is 0.616. The zero-order valence-electron chi connectivity index (χ0n) is 16.2. The van der Waals surface area contributed by atoms with Gasteiger partial charge in [0.2, 0.25) is 0 Å². The smallest absolute Gasteiger partial charge is 0.321 e. The van der Waals surface area contributed by atoms with Gasteiger partial charge in [-0.1, -0.05) is 6.07 Å². The van der Waals surface area contributed by atoms with Gasteiger partial charge in [0.1, 0.15) is 5.82 Å². The number of amides is 2. The zero-order chi connectivity index (χ0) is 21.0. The molecule has 1 fully saturated rings. The zero-order valence-corrected chi connectivity index (χ0v) is 17.0. The third-order valence-electron chi connectivity index (χ3n) is 4.95. The summed E-state index contributed by atoms with van der Waals surface area (Å²) >= 11 is 0. The molecule has 1 heterocycles. The normalized spacial score (nSPS) is 15.1. The lowest BCUT2D eigenvalue weighted by atomic mass is 10.1. The SMILES string of the molecule is COc1cccc(NC(=O)N2CCC(S(=O)(=O)c3ccc(F)cc3)CC2)c1OC. The molecule has 0 atom stereocenters. The largest absolute Gasteiger partial charge is 0.493 e. The summed E-state index contributed by atoms with van der Waals surface area (Å²) in [5.41, 5.74) is 0.470. The highest BCUT2D eigenvalue weighted by atomic mass is 32.2. The third-order valence-corrected chi connectivity index (χ3v) is 7.23. The number of nitrogens with zero attached hydrogens (tertiary/aromatic N) is 1. The van der Waals surface area contributed by atoms with Crippen LogP contribution in [0.3, 0.4) is 0 Å². The van der Waals surface area contributed by atoms with Crippen molar-refractivity contribution in [1.82, 2.24) is 4.90 Å². The number of likely N-dealkylation sites (tertiary alicyclic amines) is 1. The van der Waals surface area contributed by atoms with Crippen LogP contribution in [0.1, 0.15) is 12.8 Å². The van der Waals surface area contributed by atoms with Crippen molar-refractivity contribution in [2.24, 2.45) is 0 Å². The topological polar surface area (TPSA) is 84.9 Å². The Kier molecular flexibility index (Phi) is 6.26. The second-order valence-corrected chi connectivity index (χ2v) is 8.88. The quantitative estimate of drug-likeness (QED) is 0.748. The van der Waals surface area contributed by atoms with E-state index in [0.717, 1.165) is 12.1 Å². The van der Waals surface area contributed by atoms with Gasteiger partial charge < -0.3 is 19.7 Å². The minimum absolute atomic E-state index is 0.0999. The number of carbonyl (C=O) groups is 1. The van der Waals surface area contributed by atoms with Crippen molar-refractivity contribution >= 4 is 21.6 Å². The summed E-state index contributed by atoms with van der Waals surface area (Å²) in [6.45, 7) is 0.590. The van der Waals surface area contributed by atoms with Crippen LogP contribution in [0.4, 0.5) is 14.9 Å². The fourth-order valence-electron chi connectivity index (χ4n) is 3.37. The number of halogens is 1. The molecule has 1 aliphatic rings. The van der Waals surface area contributed by atoms with E-state index in [1.165, 1.54) is 26.4 Å². The summed E-state index contributed by atoms with van der Waals surface area (Å²) in [6, 6.07) is 9.64. The van der Waals surface area contributed by atoms with Gasteiger partial charge in [0.25, 0.3) is 0 Å². The van der Waals surface area contributed by atoms with E-state index < -0.39 is 20.9 Å². The van der Waals surface area contributed by atoms with Gasteiger partial charge >= 0.3 is 6.03 Å². The fraction of sp³-hybridized carbons (Fsp3) is 0.350. The first-order valence-electron chi connectivity index (χ1n) is 9.13. The summed E-state index contributed by atoms with van der Waals surface area (Å²) in [7, 11) is -0.573. The molecule has 3 rings (SSSR count). The Bertz CT molecular complexity index is 971. The molecule has 1 N–H and O–H groups in total. The minimum atomic E-state index is -3.57. The van der Waals surface area contributed by atoms with E-state index >= 15 is 0 Å². The molecule has 2 aromatic rings. The van der Waals surface area contributed by atoms with Gasteiger partial charge in [-0.3, -0.25) is 0 Å². The maximum Gasteiger partial charge on any atom is 0.321 e. The second-order valence-electron chi connectivity index (χ2n) is 6.66. The van der Waals surface area contributed by atoms with Gasteiger partial charge in [0, 0.05) is 13.1 Å². The molecule has 7 nitrogen and oxygen atoms in total. The van der Waals surface area contributed by atoms with Crippen LogP contribution in [0.5, 0.6) is 11.5 Å². The van der Waals surface area contributed by atoms with E-state index in [-0.39, 0.29) is 10.9 Å². The number of piperidine rings is 1. The monoisotopic (exact) mass is 422 g/mol. The highest BCUT2D eigenvalue weighted by molar-refractivity contribution is 7.92. The summed E-state index contributed by atoms with van der Waals surface area (Å²) in [5.74, 6) is 0.426. The van der Waals surface area contributed by atoms with Gasteiger partial charge in [-0.2, -0.15) is 0 Å². The van der Waals surface area contributed by atoms with E-state index in [9.17, 15) is 17.6 Å². The molecular formula is C20H23FN2O5S. The van der Waals surface area contributed by atoms with Crippen molar-refractivity contribution < 1.29 is 27.1 Å². The van der Waals surface area contributed by atoms with Gasteiger partial charge in [-0.15, -0.1) is 0 Å². The molecule has 0 aliphatic carbocycles. The summed E-state index contributed by atoms with van der Waals surface area (Å²) in [4.78, 5) is 14.3. The first kappa shape index (κ1) is 20.9. The molecule has 0 aromatic heterocycles. The van der Waals surface area contributed by atoms with Crippen LogP contribution in [0, 0.1) is 5.82 Å².